The van der Waals surface area contributed by atoms with Crippen LogP contribution >= 0.6 is 0 Å². The normalized spacial score (nSPS) is 10.9. The number of para-hydroxylation sites is 1. The van der Waals surface area contributed by atoms with E-state index >= 15 is 0 Å². The molecule has 0 aliphatic rings. The van der Waals surface area contributed by atoms with Crippen LogP contribution in [0.25, 0.3) is 0 Å². The van der Waals surface area contributed by atoms with Crippen LogP contribution in [-0.2, 0) is 0 Å². The molecule has 0 unspecified atom stereocenters. The molecule has 0 fully saturated rings. The summed E-state index contributed by atoms with van der Waals surface area (Å²) < 4.78 is 5.28. The smallest absolute Gasteiger partial charge is 0.143 e. The molecule has 0 aliphatic carbocycles. The molecule has 0 radical (unpaired) electrons. The van der Waals surface area contributed by atoms with Gasteiger partial charge in [0.15, 0.2) is 0 Å². The lowest BCUT2D eigenvalue weighted by Crippen LogP contribution is -2.32. The second-order valence-corrected chi connectivity index (χ2v) is 4.71. The minimum absolute atomic E-state index is 0.129. The number of benzene rings is 1. The van der Waals surface area contributed by atoms with Crippen LogP contribution in [0.4, 0.5) is 5.69 Å². The Morgan fingerprint density at radius 3 is 2.53 bits per heavy atom. The minimum atomic E-state index is -0.159. The van der Waals surface area contributed by atoms with E-state index < -0.39 is 0 Å². The van der Waals surface area contributed by atoms with Gasteiger partial charge in [-0.05, 0) is 25.0 Å². The van der Waals surface area contributed by atoms with Crippen molar-refractivity contribution in [2.45, 2.75) is 26.7 Å². The van der Waals surface area contributed by atoms with Gasteiger partial charge in [-0.25, -0.2) is 0 Å². The van der Waals surface area contributed by atoms with Crippen molar-refractivity contribution in [2.75, 3.05) is 25.6 Å². The second kappa shape index (κ2) is 7.01. The lowest BCUT2D eigenvalue weighted by atomic mass is 9.83. The summed E-state index contributed by atoms with van der Waals surface area (Å²) in [4.78, 5) is 0. The zero-order valence-corrected chi connectivity index (χ0v) is 11.9. The number of nitrogens with zero attached hydrogens (tertiary/aromatic N) is 1. The number of methoxy groups -OCH3 is 1. The number of hydrogen-bond donors (Lipinski definition) is 2. The van der Waals surface area contributed by atoms with Crippen LogP contribution in [0, 0.1) is 16.7 Å². The van der Waals surface area contributed by atoms with Gasteiger partial charge in [0.2, 0.25) is 0 Å². The van der Waals surface area contributed by atoms with Gasteiger partial charge in [-0.15, -0.1) is 0 Å². The Morgan fingerprint density at radius 2 is 2.05 bits per heavy atom. The van der Waals surface area contributed by atoms with E-state index in [1.54, 1.807) is 19.2 Å². The third kappa shape index (κ3) is 3.39. The molecule has 1 rings (SSSR count). The standard InChI is InChI=1S/C15H22N2O2/c1-4-15(5-2,11-18)10-17-14-12(9-16)7-6-8-13(14)19-3/h6-8,17-18H,4-5,10-11H2,1-3H3. The zero-order valence-electron chi connectivity index (χ0n) is 11.9. The fraction of sp³-hybridized carbons (Fsp3) is 0.533. The first kappa shape index (κ1) is 15.3. The van der Waals surface area contributed by atoms with Gasteiger partial charge in [0, 0.05) is 12.0 Å². The summed E-state index contributed by atoms with van der Waals surface area (Å²) in [6.45, 7) is 4.87. The van der Waals surface area contributed by atoms with Crippen molar-refractivity contribution in [1.29, 1.82) is 5.26 Å². The van der Waals surface area contributed by atoms with Gasteiger partial charge in [-0.1, -0.05) is 19.9 Å². The Balaban J connectivity index is 2.97. The van der Waals surface area contributed by atoms with Crippen LogP contribution in [0.2, 0.25) is 0 Å². The summed E-state index contributed by atoms with van der Waals surface area (Å²) in [6, 6.07) is 7.52. The molecule has 0 aromatic heterocycles. The third-order valence-electron chi connectivity index (χ3n) is 3.84. The largest absolute Gasteiger partial charge is 0.495 e. The second-order valence-electron chi connectivity index (χ2n) is 4.71. The molecule has 19 heavy (non-hydrogen) atoms. The summed E-state index contributed by atoms with van der Waals surface area (Å²) >= 11 is 0. The lowest BCUT2D eigenvalue weighted by molar-refractivity contribution is 0.127. The highest BCUT2D eigenvalue weighted by Crippen LogP contribution is 2.31. The fourth-order valence-electron chi connectivity index (χ4n) is 2.03. The highest BCUT2D eigenvalue weighted by molar-refractivity contribution is 5.66. The molecule has 0 amide bonds. The predicted molar refractivity (Wildman–Crippen MR) is 76.3 cm³/mol. The van der Waals surface area contributed by atoms with Crippen molar-refractivity contribution >= 4 is 5.69 Å². The molecule has 104 valence electrons. The molecule has 0 spiro atoms. The molecule has 2 N–H and O–H groups in total. The van der Waals surface area contributed by atoms with Gasteiger partial charge in [0.25, 0.3) is 0 Å². The van der Waals surface area contributed by atoms with E-state index in [2.05, 4.69) is 25.2 Å². The number of nitriles is 1. The van der Waals surface area contributed by atoms with Crippen molar-refractivity contribution in [3.8, 4) is 11.8 Å². The number of hydrogen-bond acceptors (Lipinski definition) is 4. The number of anilines is 1. The average Bonchev–Trinajstić information content (AvgIpc) is 2.48. The summed E-state index contributed by atoms with van der Waals surface area (Å²) in [7, 11) is 1.58. The van der Waals surface area contributed by atoms with Crippen molar-refractivity contribution in [2.24, 2.45) is 5.41 Å². The topological polar surface area (TPSA) is 65.3 Å². The molecule has 0 aliphatic heterocycles. The molecular formula is C15H22N2O2. The number of aliphatic hydroxyl groups is 1. The Hall–Kier alpha value is -1.73. The van der Waals surface area contributed by atoms with Crippen molar-refractivity contribution < 1.29 is 9.84 Å². The highest BCUT2D eigenvalue weighted by Gasteiger charge is 2.25. The van der Waals surface area contributed by atoms with Crippen LogP contribution in [0.5, 0.6) is 5.75 Å². The van der Waals surface area contributed by atoms with Crippen LogP contribution < -0.4 is 10.1 Å². The summed E-state index contributed by atoms with van der Waals surface area (Å²) in [5, 5.41) is 22.0. The number of nitrogens with one attached hydrogen (secondary N) is 1. The number of ether oxygens (including phenoxy) is 1. The van der Waals surface area contributed by atoms with E-state index in [4.69, 9.17) is 10.00 Å². The Morgan fingerprint density at radius 1 is 1.37 bits per heavy atom. The van der Waals surface area contributed by atoms with Crippen LogP contribution in [0.15, 0.2) is 18.2 Å². The van der Waals surface area contributed by atoms with Gasteiger partial charge in [0.1, 0.15) is 11.8 Å². The molecule has 4 heteroatoms. The van der Waals surface area contributed by atoms with Gasteiger partial charge in [0.05, 0.1) is 25.0 Å². The van der Waals surface area contributed by atoms with E-state index in [1.807, 2.05) is 6.07 Å². The van der Waals surface area contributed by atoms with Gasteiger partial charge in [-0.3, -0.25) is 0 Å². The zero-order chi connectivity index (χ0) is 14.3. The molecule has 0 saturated heterocycles. The molecule has 0 heterocycles. The molecule has 4 nitrogen and oxygen atoms in total. The Kier molecular flexibility index (Phi) is 5.65. The Bertz CT molecular complexity index is 440. The molecule has 0 atom stereocenters. The highest BCUT2D eigenvalue weighted by atomic mass is 16.5. The van der Waals surface area contributed by atoms with E-state index in [-0.39, 0.29) is 12.0 Å². The summed E-state index contributed by atoms with van der Waals surface area (Å²) in [5.74, 6) is 0.651. The van der Waals surface area contributed by atoms with E-state index in [9.17, 15) is 5.11 Å². The maximum atomic E-state index is 9.57. The predicted octanol–water partition coefficient (Wildman–Crippen LogP) is 2.78. The number of rotatable bonds is 7. The quantitative estimate of drug-likeness (QED) is 0.793. The van der Waals surface area contributed by atoms with Crippen LogP contribution in [0.3, 0.4) is 0 Å². The van der Waals surface area contributed by atoms with E-state index in [0.717, 1.165) is 12.8 Å². The monoisotopic (exact) mass is 262 g/mol. The van der Waals surface area contributed by atoms with Gasteiger partial charge < -0.3 is 15.2 Å². The lowest BCUT2D eigenvalue weighted by Gasteiger charge is -2.30. The first-order chi connectivity index (χ1) is 9.16. The molecule has 1 aromatic rings. The molecule has 0 saturated carbocycles. The van der Waals surface area contributed by atoms with Crippen molar-refractivity contribution in [3.63, 3.8) is 0 Å². The minimum Gasteiger partial charge on any atom is -0.495 e. The van der Waals surface area contributed by atoms with Crippen LogP contribution in [-0.4, -0.2) is 25.4 Å². The maximum absolute atomic E-state index is 9.57. The first-order valence-electron chi connectivity index (χ1n) is 6.58. The summed E-state index contributed by atoms with van der Waals surface area (Å²) in [5.41, 5.74) is 1.10. The van der Waals surface area contributed by atoms with Gasteiger partial charge >= 0.3 is 0 Å². The van der Waals surface area contributed by atoms with Crippen molar-refractivity contribution in [3.05, 3.63) is 23.8 Å². The summed E-state index contributed by atoms with van der Waals surface area (Å²) in [6.07, 6.45) is 1.76. The molecule has 1 aromatic carbocycles. The van der Waals surface area contributed by atoms with E-state index in [1.165, 1.54) is 0 Å². The van der Waals surface area contributed by atoms with E-state index in [0.29, 0.717) is 23.5 Å². The maximum Gasteiger partial charge on any atom is 0.143 e. The Labute approximate surface area is 115 Å². The first-order valence-corrected chi connectivity index (χ1v) is 6.58. The average molecular weight is 262 g/mol. The van der Waals surface area contributed by atoms with Crippen molar-refractivity contribution in [1.82, 2.24) is 0 Å². The fourth-order valence-corrected chi connectivity index (χ4v) is 2.03. The van der Waals surface area contributed by atoms with Gasteiger partial charge in [-0.2, -0.15) is 5.26 Å². The SMILES string of the molecule is CCC(CC)(CO)CNc1c(C#N)cccc1OC. The number of aliphatic hydroxyl groups excluding tert-OH is 1. The molecule has 0 bridgehead atoms. The molecular weight excluding hydrogens is 240 g/mol. The van der Waals surface area contributed by atoms with Crippen LogP contribution in [0.1, 0.15) is 32.3 Å². The third-order valence-corrected chi connectivity index (χ3v) is 3.84.